The van der Waals surface area contributed by atoms with E-state index >= 15 is 0 Å². The van der Waals surface area contributed by atoms with Gasteiger partial charge in [0.15, 0.2) is 6.61 Å². The Bertz CT molecular complexity index is 718. The van der Waals surface area contributed by atoms with Gasteiger partial charge < -0.3 is 25.6 Å². The molecular formula is C16H19ClN4O4. The van der Waals surface area contributed by atoms with Crippen LogP contribution in [-0.2, 0) is 9.59 Å². The third-order valence-corrected chi connectivity index (χ3v) is 4.40. The summed E-state index contributed by atoms with van der Waals surface area (Å²) in [6, 6.07) is 1.86. The Morgan fingerprint density at radius 3 is 2.76 bits per heavy atom. The lowest BCUT2D eigenvalue weighted by Gasteiger charge is -2.22. The zero-order valence-corrected chi connectivity index (χ0v) is 14.5. The number of fused-ring (bicyclic) bond motifs is 1. The Morgan fingerprint density at radius 1 is 1.32 bits per heavy atom. The van der Waals surface area contributed by atoms with Crippen LogP contribution in [-0.4, -0.2) is 48.5 Å². The minimum absolute atomic E-state index is 0.0956. The summed E-state index contributed by atoms with van der Waals surface area (Å²) in [6.45, 7) is 3.01. The zero-order valence-electron chi connectivity index (χ0n) is 13.7. The van der Waals surface area contributed by atoms with Gasteiger partial charge in [0.25, 0.3) is 5.91 Å². The highest BCUT2D eigenvalue weighted by molar-refractivity contribution is 6.34. The van der Waals surface area contributed by atoms with Gasteiger partial charge in [0.1, 0.15) is 11.8 Å². The Balaban J connectivity index is 1.62. The monoisotopic (exact) mass is 366 g/mol. The number of halogens is 1. The summed E-state index contributed by atoms with van der Waals surface area (Å²) in [5.41, 5.74) is 0.777. The lowest BCUT2D eigenvalue weighted by molar-refractivity contribution is -0.131. The first-order valence-corrected chi connectivity index (χ1v) is 8.44. The number of likely N-dealkylation sites (tertiary alicyclic amines) is 1. The van der Waals surface area contributed by atoms with Gasteiger partial charge in [-0.15, -0.1) is 0 Å². The van der Waals surface area contributed by atoms with Crippen molar-refractivity contribution in [1.29, 1.82) is 0 Å². The fourth-order valence-electron chi connectivity index (χ4n) is 2.82. The fourth-order valence-corrected chi connectivity index (χ4v) is 3.03. The second-order valence-corrected chi connectivity index (χ2v) is 6.42. The molecule has 0 spiro atoms. The van der Waals surface area contributed by atoms with Gasteiger partial charge in [0.2, 0.25) is 5.91 Å². The number of benzene rings is 1. The predicted molar refractivity (Wildman–Crippen MR) is 93.0 cm³/mol. The summed E-state index contributed by atoms with van der Waals surface area (Å²) in [6.07, 6.45) is 1.98. The number of carbonyl (C=O) groups excluding carboxylic acids is 3. The molecule has 1 saturated heterocycles. The van der Waals surface area contributed by atoms with Crippen LogP contribution < -0.4 is 20.7 Å². The van der Waals surface area contributed by atoms with Crippen molar-refractivity contribution >= 4 is 40.8 Å². The first-order chi connectivity index (χ1) is 11.9. The number of hydrogen-bond acceptors (Lipinski definition) is 4. The molecule has 25 heavy (non-hydrogen) atoms. The molecule has 1 aromatic carbocycles. The number of anilines is 2. The van der Waals surface area contributed by atoms with Crippen molar-refractivity contribution in [3.05, 3.63) is 17.2 Å². The maximum absolute atomic E-state index is 12.2. The van der Waals surface area contributed by atoms with Crippen LogP contribution in [0.3, 0.4) is 0 Å². The normalized spacial score (nSPS) is 17.2. The van der Waals surface area contributed by atoms with Gasteiger partial charge >= 0.3 is 6.03 Å². The molecule has 8 nitrogen and oxygen atoms in total. The van der Waals surface area contributed by atoms with E-state index in [9.17, 15) is 14.4 Å². The Labute approximate surface area is 149 Å². The molecule has 1 fully saturated rings. The van der Waals surface area contributed by atoms with Gasteiger partial charge in [0.05, 0.1) is 16.4 Å². The quantitative estimate of drug-likeness (QED) is 0.759. The van der Waals surface area contributed by atoms with Crippen LogP contribution in [0.2, 0.25) is 5.02 Å². The van der Waals surface area contributed by atoms with E-state index in [1.54, 1.807) is 11.8 Å². The van der Waals surface area contributed by atoms with E-state index in [4.69, 9.17) is 16.3 Å². The van der Waals surface area contributed by atoms with E-state index in [0.29, 0.717) is 17.1 Å². The summed E-state index contributed by atoms with van der Waals surface area (Å²) in [4.78, 5) is 37.4. The van der Waals surface area contributed by atoms with Crippen molar-refractivity contribution < 1.29 is 19.1 Å². The van der Waals surface area contributed by atoms with Crippen LogP contribution in [0.25, 0.3) is 0 Å². The number of urea groups is 1. The van der Waals surface area contributed by atoms with Gasteiger partial charge in [0, 0.05) is 19.2 Å². The zero-order chi connectivity index (χ0) is 18.0. The van der Waals surface area contributed by atoms with E-state index in [1.807, 2.05) is 0 Å². The standard InChI is InChI=1S/C16H19ClN4O4/c1-9(15(23)21-4-2-3-5-21)18-16(24)20-11-7-13-12(6-10(11)17)19-14(22)8-25-13/h6-7,9H,2-5,8H2,1H3,(H,19,22)(H2,18,20,24)/t9-/m0/s1. The van der Waals surface area contributed by atoms with E-state index in [0.717, 1.165) is 25.9 Å². The Morgan fingerprint density at radius 2 is 2.04 bits per heavy atom. The summed E-state index contributed by atoms with van der Waals surface area (Å²) in [7, 11) is 0. The first kappa shape index (κ1) is 17.3. The molecule has 0 radical (unpaired) electrons. The van der Waals surface area contributed by atoms with Crippen molar-refractivity contribution in [2.45, 2.75) is 25.8 Å². The summed E-state index contributed by atoms with van der Waals surface area (Å²) >= 11 is 6.13. The van der Waals surface area contributed by atoms with Crippen molar-refractivity contribution in [3.63, 3.8) is 0 Å². The third-order valence-electron chi connectivity index (χ3n) is 4.09. The summed E-state index contributed by atoms with van der Waals surface area (Å²) in [5.74, 6) is 0.0481. The summed E-state index contributed by atoms with van der Waals surface area (Å²) in [5, 5.41) is 8.09. The molecule has 0 aromatic heterocycles. The van der Waals surface area contributed by atoms with Crippen LogP contribution in [0.5, 0.6) is 5.75 Å². The van der Waals surface area contributed by atoms with Gasteiger partial charge in [-0.2, -0.15) is 0 Å². The number of nitrogens with zero attached hydrogens (tertiary/aromatic N) is 1. The second kappa shape index (κ2) is 7.18. The van der Waals surface area contributed by atoms with E-state index in [1.165, 1.54) is 12.1 Å². The number of carbonyl (C=O) groups is 3. The average molecular weight is 367 g/mol. The number of ether oxygens (including phenoxy) is 1. The molecule has 0 unspecified atom stereocenters. The van der Waals surface area contributed by atoms with Crippen molar-refractivity contribution in [2.75, 3.05) is 30.3 Å². The first-order valence-electron chi connectivity index (χ1n) is 8.06. The van der Waals surface area contributed by atoms with Gasteiger partial charge in [-0.3, -0.25) is 9.59 Å². The van der Waals surface area contributed by atoms with Crippen molar-refractivity contribution in [1.82, 2.24) is 10.2 Å². The predicted octanol–water partition coefficient (Wildman–Crippen LogP) is 1.80. The van der Waals surface area contributed by atoms with E-state index < -0.39 is 12.1 Å². The van der Waals surface area contributed by atoms with Crippen molar-refractivity contribution in [3.8, 4) is 5.75 Å². The maximum Gasteiger partial charge on any atom is 0.319 e. The average Bonchev–Trinajstić information content (AvgIpc) is 3.09. The molecule has 2 aliphatic heterocycles. The van der Waals surface area contributed by atoms with Gasteiger partial charge in [-0.25, -0.2) is 4.79 Å². The smallest absolute Gasteiger partial charge is 0.319 e. The number of nitrogens with one attached hydrogen (secondary N) is 3. The second-order valence-electron chi connectivity index (χ2n) is 6.02. The molecule has 2 heterocycles. The molecule has 1 aromatic rings. The van der Waals surface area contributed by atoms with Gasteiger partial charge in [-0.05, 0) is 25.8 Å². The Kier molecular flexibility index (Phi) is 4.98. The molecular weight excluding hydrogens is 348 g/mol. The van der Waals surface area contributed by atoms with E-state index in [-0.39, 0.29) is 23.4 Å². The molecule has 2 aliphatic rings. The molecule has 1 atom stereocenters. The van der Waals surface area contributed by atoms with Crippen LogP contribution in [0.15, 0.2) is 12.1 Å². The topological polar surface area (TPSA) is 99.8 Å². The minimum atomic E-state index is -0.634. The third kappa shape index (κ3) is 3.96. The molecule has 9 heteroatoms. The fraction of sp³-hybridized carbons (Fsp3) is 0.438. The minimum Gasteiger partial charge on any atom is -0.482 e. The van der Waals surface area contributed by atoms with Crippen molar-refractivity contribution in [2.24, 2.45) is 0 Å². The maximum atomic E-state index is 12.2. The van der Waals surface area contributed by atoms with Crippen LogP contribution in [0.4, 0.5) is 16.2 Å². The largest absolute Gasteiger partial charge is 0.482 e. The van der Waals surface area contributed by atoms with Gasteiger partial charge in [-0.1, -0.05) is 11.6 Å². The number of amides is 4. The number of hydrogen-bond donors (Lipinski definition) is 3. The molecule has 3 N–H and O–H groups in total. The highest BCUT2D eigenvalue weighted by Crippen LogP contribution is 2.36. The summed E-state index contributed by atoms with van der Waals surface area (Å²) < 4.78 is 5.30. The van der Waals surface area contributed by atoms with E-state index in [2.05, 4.69) is 16.0 Å². The van der Waals surface area contributed by atoms with Crippen LogP contribution in [0.1, 0.15) is 19.8 Å². The molecule has 0 aliphatic carbocycles. The molecule has 3 rings (SSSR count). The Hall–Kier alpha value is -2.48. The van der Waals surface area contributed by atoms with Crippen LogP contribution in [0, 0.1) is 0 Å². The molecule has 4 amide bonds. The van der Waals surface area contributed by atoms with Crippen LogP contribution >= 0.6 is 11.6 Å². The highest BCUT2D eigenvalue weighted by Gasteiger charge is 2.25. The highest BCUT2D eigenvalue weighted by atomic mass is 35.5. The SMILES string of the molecule is C[C@H](NC(=O)Nc1cc2c(cc1Cl)NC(=O)CO2)C(=O)N1CCCC1. The lowest BCUT2D eigenvalue weighted by atomic mass is 10.2. The lowest BCUT2D eigenvalue weighted by Crippen LogP contribution is -2.47. The number of rotatable bonds is 3. The molecule has 0 saturated carbocycles. The molecule has 0 bridgehead atoms. The molecule has 134 valence electrons.